The molecule has 0 heterocycles. The number of hydrogen-bond acceptors (Lipinski definition) is 5. The first kappa shape index (κ1) is 20.8. The Kier molecular flexibility index (Phi) is 5.98. The van der Waals surface area contributed by atoms with E-state index in [-0.39, 0.29) is 27.5 Å². The zero-order valence-electron chi connectivity index (χ0n) is 15.3. The number of aromatic hydroxyl groups is 1. The second-order valence-electron chi connectivity index (χ2n) is 6.06. The van der Waals surface area contributed by atoms with Crippen LogP contribution in [0.15, 0.2) is 77.7 Å². The minimum Gasteiger partial charge on any atom is -0.507 e. The lowest BCUT2D eigenvalue weighted by Crippen LogP contribution is -2.41. The smallest absolute Gasteiger partial charge is 0.273 e. The lowest BCUT2D eigenvalue weighted by atomic mass is 10.2. The molecule has 0 aliphatic heterocycles. The van der Waals surface area contributed by atoms with E-state index in [1.54, 1.807) is 12.1 Å². The minimum atomic E-state index is -3.94. The second kappa shape index (κ2) is 8.62. The van der Waals surface area contributed by atoms with Crippen molar-refractivity contribution in [2.75, 3.05) is 4.72 Å². The molecule has 0 aromatic heterocycles. The number of anilines is 1. The van der Waals surface area contributed by atoms with Crippen LogP contribution in [0.5, 0.6) is 5.75 Å². The van der Waals surface area contributed by atoms with Crippen LogP contribution in [0.4, 0.5) is 10.1 Å². The monoisotopic (exact) mass is 429 g/mol. The van der Waals surface area contributed by atoms with Crippen LogP contribution in [0, 0.1) is 5.82 Å². The minimum absolute atomic E-state index is 0.0221. The fourth-order valence-electron chi connectivity index (χ4n) is 2.44. The molecule has 3 aromatic rings. The Morgan fingerprint density at radius 1 is 0.800 bits per heavy atom. The van der Waals surface area contributed by atoms with E-state index in [9.17, 15) is 27.5 Å². The maximum absolute atomic E-state index is 12.9. The molecule has 4 N–H and O–H groups in total. The summed E-state index contributed by atoms with van der Waals surface area (Å²) in [7, 11) is -3.94. The van der Waals surface area contributed by atoms with E-state index in [2.05, 4.69) is 15.6 Å². The molecule has 0 saturated carbocycles. The second-order valence-corrected chi connectivity index (χ2v) is 7.74. The third-order valence-electron chi connectivity index (χ3n) is 3.96. The van der Waals surface area contributed by atoms with Crippen molar-refractivity contribution >= 4 is 27.5 Å². The zero-order valence-corrected chi connectivity index (χ0v) is 16.1. The first-order valence-corrected chi connectivity index (χ1v) is 10.0. The first-order chi connectivity index (χ1) is 14.3. The van der Waals surface area contributed by atoms with Gasteiger partial charge in [0.1, 0.15) is 11.6 Å². The molecule has 2 amide bonds. The van der Waals surface area contributed by atoms with E-state index in [0.717, 1.165) is 12.1 Å². The van der Waals surface area contributed by atoms with Gasteiger partial charge in [0.25, 0.3) is 21.8 Å². The number of benzene rings is 3. The number of hydrazine groups is 1. The van der Waals surface area contributed by atoms with Crippen molar-refractivity contribution in [2.45, 2.75) is 4.90 Å². The zero-order chi connectivity index (χ0) is 21.7. The Balaban J connectivity index is 1.64. The summed E-state index contributed by atoms with van der Waals surface area (Å²) in [5, 5.41) is 9.63. The number of halogens is 1. The van der Waals surface area contributed by atoms with Gasteiger partial charge >= 0.3 is 0 Å². The molecule has 30 heavy (non-hydrogen) atoms. The molecule has 3 aromatic carbocycles. The van der Waals surface area contributed by atoms with Crippen LogP contribution < -0.4 is 15.6 Å². The summed E-state index contributed by atoms with van der Waals surface area (Å²) in [6.07, 6.45) is 0. The number of para-hydroxylation sites is 1. The van der Waals surface area contributed by atoms with Gasteiger partial charge in [-0.2, -0.15) is 0 Å². The van der Waals surface area contributed by atoms with Gasteiger partial charge in [-0.1, -0.05) is 12.1 Å². The molecular formula is C20H16FN3O5S. The molecule has 0 bridgehead atoms. The van der Waals surface area contributed by atoms with Gasteiger partial charge < -0.3 is 5.11 Å². The summed E-state index contributed by atoms with van der Waals surface area (Å²) < 4.78 is 40.0. The highest BCUT2D eigenvalue weighted by Gasteiger charge is 2.16. The summed E-state index contributed by atoms with van der Waals surface area (Å²) in [4.78, 5) is 24.0. The Morgan fingerprint density at radius 3 is 2.03 bits per heavy atom. The first-order valence-electron chi connectivity index (χ1n) is 8.53. The van der Waals surface area contributed by atoms with Crippen molar-refractivity contribution in [3.8, 4) is 5.75 Å². The number of phenolic OH excluding ortho intramolecular Hbond substituents is 1. The Bertz CT molecular complexity index is 1180. The number of hydrogen-bond donors (Lipinski definition) is 4. The standard InChI is InChI=1S/C20H16FN3O5S/c21-14-7-9-15(10-8-14)24-30(28,29)16-11-5-13(6-12-16)19(26)22-23-20(27)17-3-1-2-4-18(17)25/h1-12,24-25H,(H,22,26)(H,23,27). The molecule has 10 heteroatoms. The average Bonchev–Trinajstić information content (AvgIpc) is 2.73. The molecular weight excluding hydrogens is 413 g/mol. The fourth-order valence-corrected chi connectivity index (χ4v) is 3.49. The predicted octanol–water partition coefficient (Wildman–Crippen LogP) is 2.41. The number of rotatable bonds is 5. The van der Waals surface area contributed by atoms with Gasteiger partial charge in [-0.05, 0) is 60.7 Å². The molecule has 0 aliphatic rings. The Labute approximate surface area is 171 Å². The van der Waals surface area contributed by atoms with Gasteiger partial charge in [0, 0.05) is 11.3 Å². The van der Waals surface area contributed by atoms with Crippen molar-refractivity contribution < 1.29 is 27.5 Å². The third-order valence-corrected chi connectivity index (χ3v) is 5.36. The van der Waals surface area contributed by atoms with Crippen LogP contribution in [0.3, 0.4) is 0 Å². The van der Waals surface area contributed by atoms with Crippen LogP contribution in [-0.4, -0.2) is 25.3 Å². The van der Waals surface area contributed by atoms with Crippen molar-refractivity contribution in [1.82, 2.24) is 10.9 Å². The van der Waals surface area contributed by atoms with Crippen LogP contribution in [0.2, 0.25) is 0 Å². The molecule has 0 unspecified atom stereocenters. The lowest BCUT2D eigenvalue weighted by molar-refractivity contribution is 0.0845. The molecule has 0 fully saturated rings. The van der Waals surface area contributed by atoms with E-state index >= 15 is 0 Å². The van der Waals surface area contributed by atoms with Gasteiger partial charge in [-0.15, -0.1) is 0 Å². The third kappa shape index (κ3) is 4.92. The molecule has 8 nitrogen and oxygen atoms in total. The lowest BCUT2D eigenvalue weighted by Gasteiger charge is -2.10. The number of carbonyl (C=O) groups excluding carboxylic acids is 2. The van der Waals surface area contributed by atoms with Gasteiger partial charge in [-0.25, -0.2) is 12.8 Å². The van der Waals surface area contributed by atoms with Crippen LogP contribution in [0.25, 0.3) is 0 Å². The Morgan fingerprint density at radius 2 is 1.40 bits per heavy atom. The highest BCUT2D eigenvalue weighted by Crippen LogP contribution is 2.17. The van der Waals surface area contributed by atoms with Crippen LogP contribution in [0.1, 0.15) is 20.7 Å². The summed E-state index contributed by atoms with van der Waals surface area (Å²) in [6.45, 7) is 0. The van der Waals surface area contributed by atoms with Crippen LogP contribution in [-0.2, 0) is 10.0 Å². The number of nitrogens with one attached hydrogen (secondary N) is 3. The molecule has 0 radical (unpaired) electrons. The summed E-state index contributed by atoms with van der Waals surface area (Å²) in [5.74, 6) is -2.14. The quantitative estimate of drug-likeness (QED) is 0.464. The fraction of sp³-hybridized carbons (Fsp3) is 0. The maximum Gasteiger partial charge on any atom is 0.273 e. The van der Waals surface area contributed by atoms with Gasteiger partial charge in [0.15, 0.2) is 0 Å². The number of carbonyl (C=O) groups is 2. The van der Waals surface area contributed by atoms with Gasteiger partial charge in [-0.3, -0.25) is 25.2 Å². The average molecular weight is 429 g/mol. The molecule has 3 rings (SSSR count). The van der Waals surface area contributed by atoms with Gasteiger partial charge in [0.05, 0.1) is 10.5 Å². The normalized spacial score (nSPS) is 10.8. The number of amides is 2. The topological polar surface area (TPSA) is 125 Å². The maximum atomic E-state index is 12.9. The van der Waals surface area contributed by atoms with E-state index in [1.165, 1.54) is 48.5 Å². The molecule has 0 aliphatic carbocycles. The van der Waals surface area contributed by atoms with Crippen molar-refractivity contribution in [3.63, 3.8) is 0 Å². The summed E-state index contributed by atoms with van der Waals surface area (Å²) in [6, 6.07) is 15.6. The number of sulfonamides is 1. The summed E-state index contributed by atoms with van der Waals surface area (Å²) >= 11 is 0. The molecule has 0 atom stereocenters. The van der Waals surface area contributed by atoms with E-state index < -0.39 is 27.7 Å². The van der Waals surface area contributed by atoms with E-state index in [0.29, 0.717) is 0 Å². The highest BCUT2D eigenvalue weighted by molar-refractivity contribution is 7.92. The molecule has 0 spiro atoms. The van der Waals surface area contributed by atoms with Crippen molar-refractivity contribution in [2.24, 2.45) is 0 Å². The van der Waals surface area contributed by atoms with Crippen molar-refractivity contribution in [3.05, 3.63) is 89.7 Å². The molecule has 0 saturated heterocycles. The van der Waals surface area contributed by atoms with Crippen LogP contribution >= 0.6 is 0 Å². The highest BCUT2D eigenvalue weighted by atomic mass is 32.2. The largest absolute Gasteiger partial charge is 0.507 e. The Hall–Kier alpha value is -3.92. The van der Waals surface area contributed by atoms with Crippen molar-refractivity contribution in [1.29, 1.82) is 0 Å². The predicted molar refractivity (Wildman–Crippen MR) is 107 cm³/mol. The van der Waals surface area contributed by atoms with Gasteiger partial charge in [0.2, 0.25) is 0 Å². The summed E-state index contributed by atoms with van der Waals surface area (Å²) in [5.41, 5.74) is 4.59. The van der Waals surface area contributed by atoms with E-state index in [1.807, 2.05) is 0 Å². The number of phenols is 1. The van der Waals surface area contributed by atoms with E-state index in [4.69, 9.17) is 0 Å². The SMILES string of the molecule is O=C(NNC(=O)c1ccccc1O)c1ccc(S(=O)(=O)Nc2ccc(F)cc2)cc1. The molecule has 154 valence electrons.